The van der Waals surface area contributed by atoms with E-state index in [1.54, 1.807) is 7.11 Å². The van der Waals surface area contributed by atoms with Crippen LogP contribution in [0.3, 0.4) is 0 Å². The number of ether oxygens (including phenoxy) is 1. The van der Waals surface area contributed by atoms with Crippen LogP contribution in [0.4, 0.5) is 5.69 Å². The fourth-order valence-corrected chi connectivity index (χ4v) is 2.96. The first-order valence-corrected chi connectivity index (χ1v) is 7.95. The lowest BCUT2D eigenvalue weighted by Crippen LogP contribution is -2.59. The van der Waals surface area contributed by atoms with Crippen molar-refractivity contribution in [2.45, 2.75) is 25.6 Å². The number of β-amino-alcohol motifs (C(OH)–C–C–N with tert-alkyl or cyclic N) is 1. The summed E-state index contributed by atoms with van der Waals surface area (Å²) in [4.78, 5) is 2.25. The number of anilines is 1. The molecule has 0 unspecified atom stereocenters. The van der Waals surface area contributed by atoms with E-state index in [-0.39, 0.29) is 0 Å². The minimum absolute atomic E-state index is 0.500. The molecular formula is C19H24N2O2. The Bertz CT molecular complexity index is 627. The van der Waals surface area contributed by atoms with E-state index in [9.17, 15) is 5.11 Å². The topological polar surface area (TPSA) is 44.7 Å². The molecule has 0 aliphatic carbocycles. The summed E-state index contributed by atoms with van der Waals surface area (Å²) in [7, 11) is 1.68. The normalized spacial score (nSPS) is 16.7. The SMILES string of the molecule is COc1ccc(CNc2ccc(CN3CC(C)(O)C3)cc2)cc1. The second-order valence-corrected chi connectivity index (χ2v) is 6.54. The highest BCUT2D eigenvalue weighted by molar-refractivity contribution is 5.45. The average molecular weight is 312 g/mol. The number of aliphatic hydroxyl groups is 1. The number of hydrogen-bond acceptors (Lipinski definition) is 4. The number of hydrogen-bond donors (Lipinski definition) is 2. The number of likely N-dealkylation sites (tertiary alicyclic amines) is 1. The van der Waals surface area contributed by atoms with Gasteiger partial charge in [0.05, 0.1) is 12.7 Å². The third-order valence-corrected chi connectivity index (χ3v) is 4.14. The van der Waals surface area contributed by atoms with Crippen LogP contribution in [0.25, 0.3) is 0 Å². The van der Waals surface area contributed by atoms with Gasteiger partial charge < -0.3 is 15.2 Å². The van der Waals surface area contributed by atoms with Crippen molar-refractivity contribution in [2.75, 3.05) is 25.5 Å². The van der Waals surface area contributed by atoms with Crippen molar-refractivity contribution in [2.24, 2.45) is 0 Å². The summed E-state index contributed by atoms with van der Waals surface area (Å²) in [5, 5.41) is 13.2. The Balaban J connectivity index is 1.49. The van der Waals surface area contributed by atoms with Crippen molar-refractivity contribution in [3.8, 4) is 5.75 Å². The molecule has 0 bridgehead atoms. The molecule has 1 aliphatic heterocycles. The van der Waals surface area contributed by atoms with Crippen LogP contribution in [0.15, 0.2) is 48.5 Å². The molecule has 1 fully saturated rings. The largest absolute Gasteiger partial charge is 0.497 e. The quantitative estimate of drug-likeness (QED) is 0.861. The maximum Gasteiger partial charge on any atom is 0.118 e. The molecule has 1 saturated heterocycles. The lowest BCUT2D eigenvalue weighted by atomic mass is 9.96. The smallest absolute Gasteiger partial charge is 0.118 e. The van der Waals surface area contributed by atoms with Crippen molar-refractivity contribution in [3.05, 3.63) is 59.7 Å². The minimum Gasteiger partial charge on any atom is -0.497 e. The first kappa shape index (κ1) is 15.8. The van der Waals surface area contributed by atoms with Crippen molar-refractivity contribution < 1.29 is 9.84 Å². The van der Waals surface area contributed by atoms with Gasteiger partial charge in [-0.15, -0.1) is 0 Å². The van der Waals surface area contributed by atoms with Crippen LogP contribution in [0.1, 0.15) is 18.1 Å². The summed E-state index contributed by atoms with van der Waals surface area (Å²) in [6.45, 7) is 5.08. The predicted octanol–water partition coefficient (Wildman–Crippen LogP) is 2.87. The molecule has 2 aromatic rings. The van der Waals surface area contributed by atoms with Gasteiger partial charge in [-0.05, 0) is 42.3 Å². The van der Waals surface area contributed by atoms with Gasteiger partial charge in [0, 0.05) is 31.9 Å². The Hall–Kier alpha value is -2.04. The summed E-state index contributed by atoms with van der Waals surface area (Å²) < 4.78 is 5.16. The highest BCUT2D eigenvalue weighted by Crippen LogP contribution is 2.22. The second kappa shape index (κ2) is 6.60. The standard InChI is InChI=1S/C19H24N2O2/c1-19(22)13-21(14-19)12-16-3-7-17(8-4-16)20-11-15-5-9-18(23-2)10-6-15/h3-10,20,22H,11-14H2,1-2H3. The molecule has 0 saturated carbocycles. The zero-order valence-electron chi connectivity index (χ0n) is 13.7. The molecule has 3 rings (SSSR count). The third-order valence-electron chi connectivity index (χ3n) is 4.14. The zero-order valence-corrected chi connectivity index (χ0v) is 13.7. The Morgan fingerprint density at radius 2 is 1.65 bits per heavy atom. The first-order valence-electron chi connectivity index (χ1n) is 7.95. The highest BCUT2D eigenvalue weighted by atomic mass is 16.5. The Morgan fingerprint density at radius 1 is 1.04 bits per heavy atom. The molecule has 1 heterocycles. The third kappa shape index (κ3) is 4.24. The number of nitrogens with zero attached hydrogens (tertiary/aromatic N) is 1. The van der Waals surface area contributed by atoms with E-state index in [1.807, 2.05) is 19.1 Å². The van der Waals surface area contributed by atoms with Crippen LogP contribution in [-0.4, -0.2) is 35.8 Å². The maximum atomic E-state index is 9.76. The van der Waals surface area contributed by atoms with E-state index < -0.39 is 5.60 Å². The van der Waals surface area contributed by atoms with Gasteiger partial charge in [0.1, 0.15) is 5.75 Å². The number of nitrogens with one attached hydrogen (secondary N) is 1. The number of benzene rings is 2. The van der Waals surface area contributed by atoms with Gasteiger partial charge in [-0.2, -0.15) is 0 Å². The highest BCUT2D eigenvalue weighted by Gasteiger charge is 2.35. The fraction of sp³-hybridized carbons (Fsp3) is 0.368. The van der Waals surface area contributed by atoms with E-state index in [4.69, 9.17) is 4.74 Å². The second-order valence-electron chi connectivity index (χ2n) is 6.54. The molecule has 2 aromatic carbocycles. The minimum atomic E-state index is -0.500. The van der Waals surface area contributed by atoms with E-state index in [2.05, 4.69) is 46.6 Å². The summed E-state index contributed by atoms with van der Waals surface area (Å²) in [5.41, 5.74) is 3.10. The summed E-state index contributed by atoms with van der Waals surface area (Å²) in [5.74, 6) is 0.878. The Kier molecular flexibility index (Phi) is 4.55. The van der Waals surface area contributed by atoms with E-state index >= 15 is 0 Å². The summed E-state index contributed by atoms with van der Waals surface area (Å²) in [6.07, 6.45) is 0. The maximum absolute atomic E-state index is 9.76. The molecule has 23 heavy (non-hydrogen) atoms. The molecule has 4 nitrogen and oxygen atoms in total. The van der Waals surface area contributed by atoms with Gasteiger partial charge in [0.15, 0.2) is 0 Å². The van der Waals surface area contributed by atoms with Crippen LogP contribution < -0.4 is 10.1 Å². The molecule has 2 N–H and O–H groups in total. The van der Waals surface area contributed by atoms with Gasteiger partial charge in [0.2, 0.25) is 0 Å². The van der Waals surface area contributed by atoms with Crippen molar-refractivity contribution in [3.63, 3.8) is 0 Å². The number of methoxy groups -OCH3 is 1. The molecule has 0 radical (unpaired) electrons. The molecule has 4 heteroatoms. The van der Waals surface area contributed by atoms with Gasteiger partial charge >= 0.3 is 0 Å². The molecule has 1 aliphatic rings. The fourth-order valence-electron chi connectivity index (χ4n) is 2.96. The number of rotatable bonds is 6. The molecule has 122 valence electrons. The van der Waals surface area contributed by atoms with Crippen LogP contribution in [0.5, 0.6) is 5.75 Å². The lowest BCUT2D eigenvalue weighted by Gasteiger charge is -2.44. The predicted molar refractivity (Wildman–Crippen MR) is 92.7 cm³/mol. The first-order chi connectivity index (χ1) is 11.0. The molecule has 0 aromatic heterocycles. The lowest BCUT2D eigenvalue weighted by molar-refractivity contribution is -0.0871. The molecule has 0 atom stereocenters. The van der Waals surface area contributed by atoms with E-state index in [0.29, 0.717) is 0 Å². The van der Waals surface area contributed by atoms with Crippen molar-refractivity contribution in [1.82, 2.24) is 4.90 Å². The van der Waals surface area contributed by atoms with Crippen LogP contribution in [-0.2, 0) is 13.1 Å². The summed E-state index contributed by atoms with van der Waals surface area (Å²) in [6, 6.07) is 16.6. The molecular weight excluding hydrogens is 288 g/mol. The van der Waals surface area contributed by atoms with Crippen molar-refractivity contribution in [1.29, 1.82) is 0 Å². The van der Waals surface area contributed by atoms with Crippen LogP contribution in [0.2, 0.25) is 0 Å². The van der Waals surface area contributed by atoms with Gasteiger partial charge in [0.25, 0.3) is 0 Å². The molecule has 0 amide bonds. The monoisotopic (exact) mass is 312 g/mol. The average Bonchev–Trinajstić information content (AvgIpc) is 2.53. The van der Waals surface area contributed by atoms with Crippen molar-refractivity contribution >= 4 is 5.69 Å². The van der Waals surface area contributed by atoms with Gasteiger partial charge in [-0.25, -0.2) is 0 Å². The van der Waals surface area contributed by atoms with E-state index in [1.165, 1.54) is 11.1 Å². The Morgan fingerprint density at radius 3 is 2.22 bits per heavy atom. The van der Waals surface area contributed by atoms with Crippen LogP contribution in [0, 0.1) is 0 Å². The van der Waals surface area contributed by atoms with Gasteiger partial charge in [-0.3, -0.25) is 4.90 Å². The van der Waals surface area contributed by atoms with Gasteiger partial charge in [-0.1, -0.05) is 24.3 Å². The van der Waals surface area contributed by atoms with Crippen LogP contribution >= 0.6 is 0 Å². The summed E-state index contributed by atoms with van der Waals surface area (Å²) >= 11 is 0. The Labute approximate surface area is 137 Å². The van der Waals surface area contributed by atoms with E-state index in [0.717, 1.165) is 37.6 Å². The zero-order chi connectivity index (χ0) is 16.3. The molecule has 0 spiro atoms.